The zero-order valence-electron chi connectivity index (χ0n) is 24.5. The molecule has 0 radical (unpaired) electrons. The number of fused-ring (bicyclic) bond motifs is 2. The molecule has 5 N–H and O–H groups in total. The molecular weight excluding hydrogens is 536 g/mol. The number of benzene rings is 1. The number of aliphatic hydroxyl groups is 2. The van der Waals surface area contributed by atoms with Crippen molar-refractivity contribution < 1.29 is 19.4 Å². The monoisotopic (exact) mass is 580 g/mol. The van der Waals surface area contributed by atoms with Gasteiger partial charge < -0.3 is 30.6 Å². The summed E-state index contributed by atoms with van der Waals surface area (Å²) in [6, 6.07) is 17.6. The molecule has 5 rings (SSSR count). The van der Waals surface area contributed by atoms with Gasteiger partial charge in [0.1, 0.15) is 4.83 Å². The molecule has 0 spiro atoms. The Balaban J connectivity index is 0.000000180. The molecule has 2 unspecified atom stereocenters. The molecule has 0 bridgehead atoms. The highest BCUT2D eigenvalue weighted by atomic mass is 32.1. The SMILES string of the molecule is Cc1cc2cc3c(nc2s1)CCC(C(C)(C)C)C3.O=CNCCNCCO.OC(Nc1ccccc1)c1ccco1. The third-order valence-electron chi connectivity index (χ3n) is 6.93. The van der Waals surface area contributed by atoms with Crippen LogP contribution in [-0.2, 0) is 17.6 Å². The number of aromatic nitrogens is 1. The summed E-state index contributed by atoms with van der Waals surface area (Å²) in [4.78, 5) is 17.1. The number of hydrogen-bond acceptors (Lipinski definition) is 8. The number of nitrogens with zero attached hydrogens (tertiary/aromatic N) is 1. The number of carbonyl (C=O) groups is 1. The van der Waals surface area contributed by atoms with Crippen LogP contribution in [0.2, 0.25) is 0 Å². The number of furan rings is 1. The second-order valence-electron chi connectivity index (χ2n) is 11.1. The summed E-state index contributed by atoms with van der Waals surface area (Å²) in [5, 5.41) is 27.6. The van der Waals surface area contributed by atoms with Gasteiger partial charge in [-0.15, -0.1) is 11.3 Å². The van der Waals surface area contributed by atoms with E-state index >= 15 is 0 Å². The third-order valence-corrected chi connectivity index (χ3v) is 7.89. The minimum atomic E-state index is -0.799. The Hall–Kier alpha value is -3.24. The number of rotatable bonds is 9. The van der Waals surface area contributed by atoms with Crippen LogP contribution in [-0.4, -0.2) is 47.8 Å². The molecular formula is C32H44N4O4S. The first kappa shape index (κ1) is 32.3. The van der Waals surface area contributed by atoms with Crippen LogP contribution >= 0.6 is 11.3 Å². The molecule has 3 aromatic heterocycles. The van der Waals surface area contributed by atoms with Crippen LogP contribution in [0, 0.1) is 18.3 Å². The van der Waals surface area contributed by atoms with Crippen LogP contribution < -0.4 is 16.0 Å². The predicted molar refractivity (Wildman–Crippen MR) is 167 cm³/mol. The number of anilines is 1. The molecule has 1 aliphatic rings. The normalized spacial score (nSPS) is 15.0. The topological polar surface area (TPSA) is 120 Å². The summed E-state index contributed by atoms with van der Waals surface area (Å²) in [6.07, 6.45) is 5.04. The number of para-hydroxylation sites is 1. The standard InChI is InChI=1S/C16H21NS.C11H11NO2.C5H12N2O2/c1-10-7-12-8-11-9-13(16(2,3)4)5-6-14(11)17-15(12)18-10;13-11(10-7-4-8-14-10)12-9-5-2-1-3-6-9;8-4-3-6-1-2-7-5-9/h7-8,13H,5-6,9H2,1-4H3;1-8,11-13H;5-6,8H,1-4H2,(H,7,9). The van der Waals surface area contributed by atoms with Gasteiger partial charge in [-0.2, -0.15) is 0 Å². The fourth-order valence-corrected chi connectivity index (χ4v) is 5.50. The van der Waals surface area contributed by atoms with Gasteiger partial charge >= 0.3 is 0 Å². The lowest BCUT2D eigenvalue weighted by molar-refractivity contribution is -0.109. The van der Waals surface area contributed by atoms with Gasteiger partial charge in [0.05, 0.1) is 12.9 Å². The number of hydrogen-bond donors (Lipinski definition) is 5. The van der Waals surface area contributed by atoms with Gasteiger partial charge in [-0.05, 0) is 79.5 Å². The maximum atomic E-state index is 9.66. The van der Waals surface area contributed by atoms with Crippen LogP contribution in [0.15, 0.2) is 65.3 Å². The maximum Gasteiger partial charge on any atom is 0.207 e. The minimum Gasteiger partial charge on any atom is -0.465 e. The highest BCUT2D eigenvalue weighted by molar-refractivity contribution is 7.18. The highest BCUT2D eigenvalue weighted by Crippen LogP contribution is 2.38. The lowest BCUT2D eigenvalue weighted by atomic mass is 9.71. The van der Waals surface area contributed by atoms with Crippen LogP contribution in [0.25, 0.3) is 10.2 Å². The van der Waals surface area contributed by atoms with Crippen molar-refractivity contribution in [1.82, 2.24) is 15.6 Å². The van der Waals surface area contributed by atoms with E-state index < -0.39 is 6.23 Å². The Kier molecular flexibility index (Phi) is 12.8. The van der Waals surface area contributed by atoms with Crippen molar-refractivity contribution in [2.75, 3.05) is 31.6 Å². The van der Waals surface area contributed by atoms with E-state index in [-0.39, 0.29) is 6.61 Å². The minimum absolute atomic E-state index is 0.140. The molecule has 2 atom stereocenters. The van der Waals surface area contributed by atoms with Gasteiger partial charge in [0.25, 0.3) is 0 Å². The average Bonchev–Trinajstić information content (AvgIpc) is 3.61. The zero-order valence-corrected chi connectivity index (χ0v) is 25.3. The highest BCUT2D eigenvalue weighted by Gasteiger charge is 2.29. The lowest BCUT2D eigenvalue weighted by Gasteiger charge is -2.34. The molecule has 3 heterocycles. The van der Waals surface area contributed by atoms with Gasteiger partial charge in [0.2, 0.25) is 6.41 Å². The summed E-state index contributed by atoms with van der Waals surface area (Å²) in [7, 11) is 0. The fourth-order valence-electron chi connectivity index (χ4n) is 4.62. The number of pyridine rings is 1. The first-order chi connectivity index (χ1) is 19.7. The number of thiophene rings is 1. The van der Waals surface area contributed by atoms with Crippen LogP contribution in [0.5, 0.6) is 0 Å². The number of carbonyl (C=O) groups excluding carboxylic acids is 1. The van der Waals surface area contributed by atoms with Gasteiger partial charge in [0.15, 0.2) is 12.0 Å². The maximum absolute atomic E-state index is 9.66. The molecule has 4 aromatic rings. The van der Waals surface area contributed by atoms with E-state index in [2.05, 4.69) is 55.8 Å². The zero-order chi connectivity index (χ0) is 29.7. The summed E-state index contributed by atoms with van der Waals surface area (Å²) in [6.45, 7) is 11.3. The number of aryl methyl sites for hydroxylation is 2. The van der Waals surface area contributed by atoms with E-state index in [4.69, 9.17) is 14.5 Å². The van der Waals surface area contributed by atoms with Crippen molar-refractivity contribution in [3.8, 4) is 0 Å². The lowest BCUT2D eigenvalue weighted by Crippen LogP contribution is -2.28. The van der Waals surface area contributed by atoms with E-state index in [0.29, 0.717) is 37.2 Å². The molecule has 41 heavy (non-hydrogen) atoms. The smallest absolute Gasteiger partial charge is 0.207 e. The first-order valence-electron chi connectivity index (χ1n) is 14.1. The second kappa shape index (κ2) is 16.3. The van der Waals surface area contributed by atoms with E-state index in [1.165, 1.54) is 45.5 Å². The van der Waals surface area contributed by atoms with Gasteiger partial charge in [-0.1, -0.05) is 39.0 Å². The third kappa shape index (κ3) is 10.6. The Bertz CT molecular complexity index is 1300. The van der Waals surface area contributed by atoms with Crippen LogP contribution in [0.1, 0.15) is 55.3 Å². The van der Waals surface area contributed by atoms with Crippen molar-refractivity contribution in [2.24, 2.45) is 11.3 Å². The second-order valence-corrected chi connectivity index (χ2v) is 12.4. The molecule has 0 saturated carbocycles. The van der Waals surface area contributed by atoms with Crippen LogP contribution in [0.3, 0.4) is 0 Å². The number of amides is 1. The largest absolute Gasteiger partial charge is 0.465 e. The fraction of sp³-hybridized carbons (Fsp3) is 0.438. The van der Waals surface area contributed by atoms with E-state index in [0.717, 1.165) is 18.0 Å². The number of nitrogens with one attached hydrogen (secondary N) is 3. The molecule has 1 aromatic carbocycles. The van der Waals surface area contributed by atoms with Crippen molar-refractivity contribution >= 4 is 33.7 Å². The summed E-state index contributed by atoms with van der Waals surface area (Å²) in [5.41, 5.74) is 4.12. The Labute approximate surface area is 247 Å². The summed E-state index contributed by atoms with van der Waals surface area (Å²) < 4.78 is 5.05. The first-order valence-corrected chi connectivity index (χ1v) is 14.9. The quantitative estimate of drug-likeness (QED) is 0.101. The van der Waals surface area contributed by atoms with Gasteiger partial charge in [0, 0.05) is 41.3 Å². The molecule has 0 saturated heterocycles. The average molecular weight is 581 g/mol. The van der Waals surface area contributed by atoms with E-state index in [9.17, 15) is 9.90 Å². The van der Waals surface area contributed by atoms with Crippen LogP contribution in [0.4, 0.5) is 5.69 Å². The molecule has 1 amide bonds. The molecule has 222 valence electrons. The van der Waals surface area contributed by atoms with Crippen molar-refractivity contribution in [2.45, 2.75) is 53.2 Å². The molecule has 8 nitrogen and oxygen atoms in total. The Morgan fingerprint density at radius 1 is 1.12 bits per heavy atom. The van der Waals surface area contributed by atoms with E-state index in [1.54, 1.807) is 12.1 Å². The Morgan fingerprint density at radius 2 is 1.90 bits per heavy atom. The van der Waals surface area contributed by atoms with Gasteiger partial charge in [-0.3, -0.25) is 4.79 Å². The molecule has 0 fully saturated rings. The predicted octanol–water partition coefficient (Wildman–Crippen LogP) is 5.45. The van der Waals surface area contributed by atoms with Crippen molar-refractivity contribution in [1.29, 1.82) is 0 Å². The molecule has 0 aliphatic heterocycles. The molecule has 9 heteroatoms. The molecule has 1 aliphatic carbocycles. The number of aliphatic hydroxyl groups excluding tert-OH is 2. The van der Waals surface area contributed by atoms with Crippen molar-refractivity contribution in [3.05, 3.63) is 82.8 Å². The summed E-state index contributed by atoms with van der Waals surface area (Å²) >= 11 is 1.82. The van der Waals surface area contributed by atoms with Crippen molar-refractivity contribution in [3.63, 3.8) is 0 Å². The van der Waals surface area contributed by atoms with Gasteiger partial charge in [-0.25, -0.2) is 4.98 Å². The van der Waals surface area contributed by atoms with E-state index in [1.807, 2.05) is 41.7 Å². The summed E-state index contributed by atoms with van der Waals surface area (Å²) in [5.74, 6) is 1.30. The Morgan fingerprint density at radius 3 is 2.56 bits per heavy atom.